The summed E-state index contributed by atoms with van der Waals surface area (Å²) in [7, 11) is 0. The van der Waals surface area contributed by atoms with Gasteiger partial charge >= 0.3 is 5.97 Å². The molecule has 0 unspecified atom stereocenters. The van der Waals surface area contributed by atoms with Gasteiger partial charge in [-0.25, -0.2) is 9.18 Å². The van der Waals surface area contributed by atoms with E-state index in [4.69, 9.17) is 25.9 Å². The summed E-state index contributed by atoms with van der Waals surface area (Å²) in [4.78, 5) is 10.8. The average Bonchev–Trinajstić information content (AvgIpc) is 2.79. The number of carbonyl (C=O) groups is 1. The molecule has 0 spiro atoms. The summed E-state index contributed by atoms with van der Waals surface area (Å²) in [5, 5.41) is 8.75. The number of hydrogen-bond acceptors (Lipinski definition) is 3. The molecule has 1 heterocycles. The van der Waals surface area contributed by atoms with Crippen molar-refractivity contribution in [3.63, 3.8) is 0 Å². The van der Waals surface area contributed by atoms with Crippen molar-refractivity contribution in [2.75, 3.05) is 0 Å². The van der Waals surface area contributed by atoms with E-state index in [1.165, 1.54) is 30.5 Å². The highest BCUT2D eigenvalue weighted by Crippen LogP contribution is 2.22. The summed E-state index contributed by atoms with van der Waals surface area (Å²) in [6.07, 6.45) is 1.26. The van der Waals surface area contributed by atoms with Crippen LogP contribution in [0, 0.1) is 5.82 Å². The molecule has 1 N–H and O–H groups in total. The standard InChI is InChI=1S/C12H8ClFO4/c13-9-5-8(1-2-10(9)14)18-6-7-3-4-17-11(7)12(15)16/h1-5H,6H2,(H,15,16). The molecule has 0 radical (unpaired) electrons. The van der Waals surface area contributed by atoms with E-state index < -0.39 is 11.8 Å². The first-order valence-corrected chi connectivity index (χ1v) is 5.33. The summed E-state index contributed by atoms with van der Waals surface area (Å²) in [6.45, 7) is 0.0000939. The van der Waals surface area contributed by atoms with E-state index in [1.54, 1.807) is 0 Å². The van der Waals surface area contributed by atoms with Crippen molar-refractivity contribution in [1.29, 1.82) is 0 Å². The Labute approximate surface area is 107 Å². The molecule has 0 aliphatic rings. The smallest absolute Gasteiger partial charge is 0.372 e. The minimum absolute atomic E-state index is 0.0000939. The molecular formula is C12H8ClFO4. The van der Waals surface area contributed by atoms with Crippen molar-refractivity contribution < 1.29 is 23.4 Å². The molecule has 18 heavy (non-hydrogen) atoms. The third-order valence-corrected chi connectivity index (χ3v) is 2.52. The van der Waals surface area contributed by atoms with Gasteiger partial charge in [-0.1, -0.05) is 11.6 Å². The molecule has 94 valence electrons. The Balaban J connectivity index is 2.09. The number of carboxylic acids is 1. The fourth-order valence-electron chi connectivity index (χ4n) is 1.36. The number of rotatable bonds is 4. The maximum Gasteiger partial charge on any atom is 0.372 e. The van der Waals surface area contributed by atoms with E-state index >= 15 is 0 Å². The predicted octanol–water partition coefficient (Wildman–Crippen LogP) is 3.35. The molecule has 0 saturated carbocycles. The topological polar surface area (TPSA) is 59.7 Å². The number of hydrogen-bond donors (Lipinski definition) is 1. The first kappa shape index (κ1) is 12.4. The van der Waals surface area contributed by atoms with Crippen molar-refractivity contribution in [3.8, 4) is 5.75 Å². The van der Waals surface area contributed by atoms with Gasteiger partial charge in [0.05, 0.1) is 11.3 Å². The van der Waals surface area contributed by atoms with Crippen molar-refractivity contribution in [2.24, 2.45) is 0 Å². The molecule has 0 aliphatic carbocycles. The fraction of sp³-hybridized carbons (Fsp3) is 0.0833. The molecule has 2 aromatic rings. The highest BCUT2D eigenvalue weighted by atomic mass is 35.5. The Morgan fingerprint density at radius 3 is 2.89 bits per heavy atom. The Bertz CT molecular complexity index is 579. The molecule has 6 heteroatoms. The van der Waals surface area contributed by atoms with Gasteiger partial charge in [-0.15, -0.1) is 0 Å². The zero-order valence-corrected chi connectivity index (χ0v) is 9.78. The summed E-state index contributed by atoms with van der Waals surface area (Å²) in [6, 6.07) is 5.39. The number of ether oxygens (including phenoxy) is 1. The van der Waals surface area contributed by atoms with Crippen LogP contribution in [0.15, 0.2) is 34.9 Å². The number of halogens is 2. The lowest BCUT2D eigenvalue weighted by atomic mass is 10.2. The normalized spacial score (nSPS) is 10.3. The largest absolute Gasteiger partial charge is 0.489 e. The number of carboxylic acid groups (broad SMARTS) is 1. The van der Waals surface area contributed by atoms with Gasteiger partial charge in [0.25, 0.3) is 0 Å². The lowest BCUT2D eigenvalue weighted by Crippen LogP contribution is -2.02. The van der Waals surface area contributed by atoms with Gasteiger partial charge in [0, 0.05) is 11.6 Å². The summed E-state index contributed by atoms with van der Waals surface area (Å²) in [5.74, 6) is -1.54. The van der Waals surface area contributed by atoms with Crippen LogP contribution in [0.2, 0.25) is 5.02 Å². The van der Waals surface area contributed by atoms with Crippen LogP contribution in [0.3, 0.4) is 0 Å². The molecular weight excluding hydrogens is 263 g/mol. The molecule has 0 atom stereocenters. The van der Waals surface area contributed by atoms with Crippen LogP contribution in [0.4, 0.5) is 4.39 Å². The van der Waals surface area contributed by atoms with Gasteiger partial charge in [-0.2, -0.15) is 0 Å². The van der Waals surface area contributed by atoms with E-state index in [9.17, 15) is 9.18 Å². The molecule has 0 saturated heterocycles. The summed E-state index contributed by atoms with van der Waals surface area (Å²) < 4.78 is 23.0. The van der Waals surface area contributed by atoms with Gasteiger partial charge in [-0.3, -0.25) is 0 Å². The quantitative estimate of drug-likeness (QED) is 0.925. The van der Waals surface area contributed by atoms with E-state index in [2.05, 4.69) is 0 Å². The van der Waals surface area contributed by atoms with Crippen LogP contribution in [-0.4, -0.2) is 11.1 Å². The zero-order valence-electron chi connectivity index (χ0n) is 9.02. The fourth-order valence-corrected chi connectivity index (χ4v) is 1.54. The second kappa shape index (κ2) is 5.10. The Kier molecular flexibility index (Phi) is 3.53. The molecule has 0 fully saturated rings. The van der Waals surface area contributed by atoms with Crippen LogP contribution in [-0.2, 0) is 6.61 Å². The minimum Gasteiger partial charge on any atom is -0.489 e. The zero-order chi connectivity index (χ0) is 13.1. The molecule has 2 rings (SSSR count). The van der Waals surface area contributed by atoms with Gasteiger partial charge in [-0.05, 0) is 18.2 Å². The molecule has 0 amide bonds. The van der Waals surface area contributed by atoms with Crippen LogP contribution >= 0.6 is 11.6 Å². The average molecular weight is 271 g/mol. The second-order valence-corrected chi connectivity index (χ2v) is 3.85. The highest BCUT2D eigenvalue weighted by molar-refractivity contribution is 6.30. The van der Waals surface area contributed by atoms with Crippen molar-refractivity contribution >= 4 is 17.6 Å². The van der Waals surface area contributed by atoms with Gasteiger partial charge < -0.3 is 14.3 Å². The predicted molar refractivity (Wildman–Crippen MR) is 61.4 cm³/mol. The minimum atomic E-state index is -1.17. The van der Waals surface area contributed by atoms with Crippen molar-refractivity contribution in [3.05, 3.63) is 52.7 Å². The highest BCUT2D eigenvalue weighted by Gasteiger charge is 2.14. The molecule has 0 aliphatic heterocycles. The van der Waals surface area contributed by atoms with Gasteiger partial charge in [0.15, 0.2) is 0 Å². The van der Waals surface area contributed by atoms with Crippen LogP contribution in [0.1, 0.15) is 16.1 Å². The van der Waals surface area contributed by atoms with E-state index in [0.29, 0.717) is 11.3 Å². The first-order chi connectivity index (χ1) is 8.58. The molecule has 4 nitrogen and oxygen atoms in total. The lowest BCUT2D eigenvalue weighted by molar-refractivity contribution is 0.0658. The van der Waals surface area contributed by atoms with Gasteiger partial charge in [0.1, 0.15) is 18.2 Å². The van der Waals surface area contributed by atoms with Crippen LogP contribution < -0.4 is 4.74 Å². The molecule has 1 aromatic carbocycles. The Hall–Kier alpha value is -2.01. The maximum absolute atomic E-state index is 12.9. The Morgan fingerprint density at radius 2 is 2.22 bits per heavy atom. The molecule has 0 bridgehead atoms. The number of benzene rings is 1. The summed E-state index contributed by atoms with van der Waals surface area (Å²) >= 11 is 5.59. The van der Waals surface area contributed by atoms with Crippen LogP contribution in [0.25, 0.3) is 0 Å². The van der Waals surface area contributed by atoms with E-state index in [-0.39, 0.29) is 17.4 Å². The van der Waals surface area contributed by atoms with Crippen LogP contribution in [0.5, 0.6) is 5.75 Å². The third-order valence-electron chi connectivity index (χ3n) is 2.23. The van der Waals surface area contributed by atoms with E-state index in [1.807, 2.05) is 0 Å². The monoisotopic (exact) mass is 270 g/mol. The van der Waals surface area contributed by atoms with Crippen molar-refractivity contribution in [2.45, 2.75) is 6.61 Å². The second-order valence-electron chi connectivity index (χ2n) is 3.44. The Morgan fingerprint density at radius 1 is 1.44 bits per heavy atom. The number of furan rings is 1. The van der Waals surface area contributed by atoms with E-state index in [0.717, 1.165) is 0 Å². The lowest BCUT2D eigenvalue weighted by Gasteiger charge is -2.05. The summed E-state index contributed by atoms with van der Waals surface area (Å²) in [5.41, 5.74) is 0.392. The SMILES string of the molecule is O=C(O)c1occc1COc1ccc(F)c(Cl)c1. The first-order valence-electron chi connectivity index (χ1n) is 4.95. The molecule has 1 aromatic heterocycles. The van der Waals surface area contributed by atoms with Crippen molar-refractivity contribution in [1.82, 2.24) is 0 Å². The number of aromatic carboxylic acids is 1. The van der Waals surface area contributed by atoms with Gasteiger partial charge in [0.2, 0.25) is 5.76 Å². The maximum atomic E-state index is 12.9. The third kappa shape index (κ3) is 2.62.